The summed E-state index contributed by atoms with van der Waals surface area (Å²) in [7, 11) is 0. The molecular formula is C16H12N2O2. The predicted molar refractivity (Wildman–Crippen MR) is 74.6 cm³/mol. The highest BCUT2D eigenvalue weighted by atomic mass is 16.2. The van der Waals surface area contributed by atoms with Gasteiger partial charge in [-0.1, -0.05) is 24.3 Å². The van der Waals surface area contributed by atoms with E-state index in [9.17, 15) is 9.59 Å². The van der Waals surface area contributed by atoms with Crippen LogP contribution in [0.3, 0.4) is 0 Å². The lowest BCUT2D eigenvalue weighted by molar-refractivity contribution is 0.0912. The number of carbonyl (C=O) groups is 2. The van der Waals surface area contributed by atoms with Crippen LogP contribution in [-0.4, -0.2) is 11.8 Å². The van der Waals surface area contributed by atoms with Gasteiger partial charge >= 0.3 is 0 Å². The molecule has 2 aliphatic rings. The van der Waals surface area contributed by atoms with Crippen molar-refractivity contribution < 1.29 is 9.59 Å². The van der Waals surface area contributed by atoms with Crippen LogP contribution in [-0.2, 0) is 0 Å². The normalized spacial score (nSPS) is 19.2. The van der Waals surface area contributed by atoms with E-state index in [1.807, 2.05) is 37.3 Å². The van der Waals surface area contributed by atoms with Crippen LogP contribution in [0, 0.1) is 6.92 Å². The number of benzene rings is 2. The van der Waals surface area contributed by atoms with Gasteiger partial charge in [0.05, 0.1) is 11.3 Å². The minimum atomic E-state index is -0.388. The van der Waals surface area contributed by atoms with Crippen molar-refractivity contribution in [3.8, 4) is 0 Å². The minimum Gasteiger partial charge on any atom is -0.327 e. The molecule has 4 heteroatoms. The van der Waals surface area contributed by atoms with Crippen LogP contribution < -0.4 is 10.2 Å². The molecule has 2 aromatic rings. The van der Waals surface area contributed by atoms with Crippen molar-refractivity contribution >= 4 is 17.5 Å². The zero-order valence-corrected chi connectivity index (χ0v) is 10.9. The molecule has 0 bridgehead atoms. The first-order chi connectivity index (χ1) is 9.66. The van der Waals surface area contributed by atoms with Gasteiger partial charge in [-0.15, -0.1) is 0 Å². The van der Waals surface area contributed by atoms with Gasteiger partial charge in [-0.05, 0) is 30.7 Å². The fourth-order valence-electron chi connectivity index (χ4n) is 2.94. The van der Waals surface area contributed by atoms with Crippen LogP contribution in [0.1, 0.15) is 38.0 Å². The molecule has 0 spiro atoms. The van der Waals surface area contributed by atoms with Crippen molar-refractivity contribution in [3.05, 3.63) is 64.7 Å². The standard InChI is InChI=1S/C16H12N2O2/c1-9-6-7-12-13(8-9)18-14(17-15(12)19)10-4-2-3-5-11(10)16(18)20/h2-8,14H,1H3,(H,17,19). The maximum atomic E-state index is 12.6. The summed E-state index contributed by atoms with van der Waals surface area (Å²) in [5, 5.41) is 2.91. The van der Waals surface area contributed by atoms with Crippen LogP contribution in [0.15, 0.2) is 42.5 Å². The lowest BCUT2D eigenvalue weighted by atomic mass is 10.0. The highest BCUT2D eigenvalue weighted by Gasteiger charge is 2.42. The van der Waals surface area contributed by atoms with Crippen molar-refractivity contribution in [2.45, 2.75) is 13.1 Å². The molecule has 0 aliphatic carbocycles. The fourth-order valence-corrected chi connectivity index (χ4v) is 2.94. The zero-order chi connectivity index (χ0) is 13.9. The van der Waals surface area contributed by atoms with Gasteiger partial charge in [0.2, 0.25) is 0 Å². The largest absolute Gasteiger partial charge is 0.327 e. The Balaban J connectivity index is 1.97. The van der Waals surface area contributed by atoms with E-state index >= 15 is 0 Å². The van der Waals surface area contributed by atoms with Crippen LogP contribution in [0.2, 0.25) is 0 Å². The quantitative estimate of drug-likeness (QED) is 0.794. The summed E-state index contributed by atoms with van der Waals surface area (Å²) in [6, 6.07) is 13.0. The minimum absolute atomic E-state index is 0.0579. The topological polar surface area (TPSA) is 49.4 Å². The lowest BCUT2D eigenvalue weighted by Gasteiger charge is -2.32. The molecule has 2 aromatic carbocycles. The van der Waals surface area contributed by atoms with Crippen molar-refractivity contribution in [1.82, 2.24) is 5.32 Å². The van der Waals surface area contributed by atoms with Gasteiger partial charge < -0.3 is 5.32 Å². The molecule has 4 nitrogen and oxygen atoms in total. The molecule has 20 heavy (non-hydrogen) atoms. The molecule has 1 unspecified atom stereocenters. The third kappa shape index (κ3) is 1.30. The highest BCUT2D eigenvalue weighted by molar-refractivity contribution is 6.16. The predicted octanol–water partition coefficient (Wildman–Crippen LogP) is 2.40. The van der Waals surface area contributed by atoms with E-state index in [0.717, 1.165) is 11.1 Å². The van der Waals surface area contributed by atoms with E-state index in [1.165, 1.54) is 0 Å². The van der Waals surface area contributed by atoms with Gasteiger partial charge in [0, 0.05) is 11.1 Å². The van der Waals surface area contributed by atoms with E-state index in [4.69, 9.17) is 0 Å². The van der Waals surface area contributed by atoms with E-state index in [2.05, 4.69) is 5.32 Å². The van der Waals surface area contributed by atoms with Crippen molar-refractivity contribution in [2.24, 2.45) is 0 Å². The Morgan fingerprint density at radius 3 is 2.70 bits per heavy atom. The maximum absolute atomic E-state index is 12.6. The molecule has 0 saturated carbocycles. The van der Waals surface area contributed by atoms with E-state index < -0.39 is 0 Å². The van der Waals surface area contributed by atoms with Gasteiger partial charge in [0.25, 0.3) is 11.8 Å². The number of aryl methyl sites for hydroxylation is 1. The molecule has 98 valence electrons. The highest BCUT2D eigenvalue weighted by Crippen LogP contribution is 2.40. The molecule has 2 aliphatic heterocycles. The third-order valence-electron chi connectivity index (χ3n) is 3.89. The molecule has 2 amide bonds. The molecule has 0 aromatic heterocycles. The Morgan fingerprint density at radius 1 is 1.05 bits per heavy atom. The number of anilines is 1. The fraction of sp³-hybridized carbons (Fsp3) is 0.125. The summed E-state index contributed by atoms with van der Waals surface area (Å²) in [5.41, 5.74) is 3.79. The molecule has 4 rings (SSSR count). The van der Waals surface area contributed by atoms with Gasteiger partial charge in [-0.25, -0.2) is 0 Å². The Kier molecular flexibility index (Phi) is 2.07. The number of hydrogen-bond acceptors (Lipinski definition) is 2. The second-order valence-electron chi connectivity index (χ2n) is 5.16. The first kappa shape index (κ1) is 11.2. The smallest absolute Gasteiger partial charge is 0.260 e. The first-order valence-electron chi connectivity index (χ1n) is 6.51. The molecule has 0 saturated heterocycles. The second kappa shape index (κ2) is 3.70. The summed E-state index contributed by atoms with van der Waals surface area (Å²) in [5.74, 6) is -0.191. The van der Waals surface area contributed by atoms with Crippen LogP contribution in [0.5, 0.6) is 0 Å². The number of hydrogen-bond donors (Lipinski definition) is 1. The number of amides is 2. The number of nitrogens with zero attached hydrogens (tertiary/aromatic N) is 1. The summed E-state index contributed by atoms with van der Waals surface area (Å²) >= 11 is 0. The number of nitrogens with one attached hydrogen (secondary N) is 1. The molecule has 1 N–H and O–H groups in total. The second-order valence-corrected chi connectivity index (χ2v) is 5.16. The van der Waals surface area contributed by atoms with Crippen LogP contribution in [0.25, 0.3) is 0 Å². The summed E-state index contributed by atoms with van der Waals surface area (Å²) in [4.78, 5) is 26.5. The molecule has 0 radical (unpaired) electrons. The average molecular weight is 264 g/mol. The third-order valence-corrected chi connectivity index (χ3v) is 3.89. The van der Waals surface area contributed by atoms with E-state index in [0.29, 0.717) is 16.8 Å². The summed E-state index contributed by atoms with van der Waals surface area (Å²) in [6.07, 6.45) is -0.388. The SMILES string of the molecule is Cc1ccc2c(c1)N1C(=O)c3ccccc3C1NC2=O. The van der Waals surface area contributed by atoms with E-state index in [-0.39, 0.29) is 18.0 Å². The monoisotopic (exact) mass is 264 g/mol. The van der Waals surface area contributed by atoms with Gasteiger partial charge in [0.15, 0.2) is 0 Å². The average Bonchev–Trinajstić information content (AvgIpc) is 2.73. The zero-order valence-electron chi connectivity index (χ0n) is 10.9. The first-order valence-corrected chi connectivity index (χ1v) is 6.51. The Hall–Kier alpha value is -2.62. The summed E-state index contributed by atoms with van der Waals surface area (Å²) in [6.45, 7) is 1.95. The van der Waals surface area contributed by atoms with Crippen LogP contribution >= 0.6 is 0 Å². The van der Waals surface area contributed by atoms with Crippen molar-refractivity contribution in [1.29, 1.82) is 0 Å². The molecule has 1 atom stereocenters. The lowest BCUT2D eigenvalue weighted by Crippen LogP contribution is -2.45. The van der Waals surface area contributed by atoms with Gasteiger partial charge in [0.1, 0.15) is 6.17 Å². The van der Waals surface area contributed by atoms with Crippen molar-refractivity contribution in [2.75, 3.05) is 4.90 Å². The summed E-state index contributed by atoms with van der Waals surface area (Å²) < 4.78 is 0. The Labute approximate surface area is 116 Å². The maximum Gasteiger partial charge on any atom is 0.260 e. The Morgan fingerprint density at radius 2 is 1.85 bits per heavy atom. The van der Waals surface area contributed by atoms with E-state index in [1.54, 1.807) is 17.0 Å². The number of carbonyl (C=O) groups excluding carboxylic acids is 2. The Bertz CT molecular complexity index is 767. The molecular weight excluding hydrogens is 252 g/mol. The van der Waals surface area contributed by atoms with Crippen LogP contribution in [0.4, 0.5) is 5.69 Å². The van der Waals surface area contributed by atoms with Gasteiger partial charge in [-0.2, -0.15) is 0 Å². The number of fused-ring (bicyclic) bond motifs is 5. The van der Waals surface area contributed by atoms with Crippen molar-refractivity contribution in [3.63, 3.8) is 0 Å². The molecule has 2 heterocycles. The number of rotatable bonds is 0. The van der Waals surface area contributed by atoms with Gasteiger partial charge in [-0.3, -0.25) is 14.5 Å². The molecule has 0 fully saturated rings.